The Kier molecular flexibility index (Phi) is 3.27. The molecule has 3 rings (SSSR count). The molecule has 0 unspecified atom stereocenters. The molecule has 0 atom stereocenters. The molecule has 1 aromatic rings. The summed E-state index contributed by atoms with van der Waals surface area (Å²) < 4.78 is 0. The van der Waals surface area contributed by atoms with Gasteiger partial charge in [0.25, 0.3) is 0 Å². The van der Waals surface area contributed by atoms with Gasteiger partial charge in [-0.3, -0.25) is 0 Å². The molecular formula is C20H16. The largest absolute Gasteiger partial charge is 0.0617 e. The molecule has 0 aliphatic heterocycles. The van der Waals surface area contributed by atoms with Gasteiger partial charge in [-0.2, -0.15) is 0 Å². The maximum Gasteiger partial charge on any atom is 0.0249 e. The first-order chi connectivity index (χ1) is 9.70. The Balaban J connectivity index is 1.94. The van der Waals surface area contributed by atoms with Gasteiger partial charge in [0.05, 0.1) is 0 Å². The van der Waals surface area contributed by atoms with Crippen LogP contribution in [-0.2, 0) is 0 Å². The molecule has 0 saturated carbocycles. The molecule has 0 N–H and O–H groups in total. The van der Waals surface area contributed by atoms with Gasteiger partial charge in [-0.15, -0.1) is 0 Å². The summed E-state index contributed by atoms with van der Waals surface area (Å²) in [6, 6.07) is 21.2. The fraction of sp³-hybridized carbons (Fsp3) is 0.100. The van der Waals surface area contributed by atoms with Crippen molar-refractivity contribution in [3.05, 3.63) is 82.9 Å². The highest BCUT2D eigenvalue weighted by Crippen LogP contribution is 2.24. The minimum absolute atomic E-state index is 1.04. The van der Waals surface area contributed by atoms with Crippen LogP contribution in [0.15, 0.2) is 60.7 Å². The molecule has 0 radical (unpaired) electrons. The molecule has 0 heterocycles. The number of rotatable bonds is 0. The van der Waals surface area contributed by atoms with Crippen LogP contribution in [0.3, 0.4) is 0 Å². The highest BCUT2D eigenvalue weighted by Gasteiger charge is 2.01. The van der Waals surface area contributed by atoms with E-state index in [0.29, 0.717) is 0 Å². The van der Waals surface area contributed by atoms with Gasteiger partial charge in [0.15, 0.2) is 0 Å². The SMILES string of the molecule is Cc1ccc(C#Cc2ccc3cc(C)cc-3cc2)cc1. The van der Waals surface area contributed by atoms with E-state index in [4.69, 9.17) is 0 Å². The van der Waals surface area contributed by atoms with Crippen molar-refractivity contribution in [3.63, 3.8) is 0 Å². The van der Waals surface area contributed by atoms with E-state index in [-0.39, 0.29) is 0 Å². The number of hydrogen-bond donors (Lipinski definition) is 0. The van der Waals surface area contributed by atoms with Crippen LogP contribution >= 0.6 is 0 Å². The van der Waals surface area contributed by atoms with Crippen molar-refractivity contribution in [2.24, 2.45) is 0 Å². The Bertz CT molecular complexity index is 734. The molecule has 0 saturated heterocycles. The van der Waals surface area contributed by atoms with E-state index in [0.717, 1.165) is 11.1 Å². The van der Waals surface area contributed by atoms with Gasteiger partial charge in [-0.1, -0.05) is 53.8 Å². The van der Waals surface area contributed by atoms with Crippen LogP contribution in [0.2, 0.25) is 0 Å². The normalized spacial score (nSPS) is 10.1. The Morgan fingerprint density at radius 1 is 0.550 bits per heavy atom. The molecule has 2 aliphatic rings. The van der Waals surface area contributed by atoms with Gasteiger partial charge in [-0.05, 0) is 54.8 Å². The van der Waals surface area contributed by atoms with Gasteiger partial charge < -0.3 is 0 Å². The van der Waals surface area contributed by atoms with Crippen LogP contribution in [0, 0.1) is 25.7 Å². The highest BCUT2D eigenvalue weighted by molar-refractivity contribution is 5.68. The summed E-state index contributed by atoms with van der Waals surface area (Å²) in [4.78, 5) is 0. The molecule has 0 bridgehead atoms. The third-order valence-electron chi connectivity index (χ3n) is 3.39. The molecule has 96 valence electrons. The fourth-order valence-corrected chi connectivity index (χ4v) is 2.27. The minimum atomic E-state index is 1.04. The molecular weight excluding hydrogens is 240 g/mol. The van der Waals surface area contributed by atoms with Gasteiger partial charge in [0.1, 0.15) is 0 Å². The molecule has 0 amide bonds. The summed E-state index contributed by atoms with van der Waals surface area (Å²) in [5.74, 6) is 6.44. The zero-order chi connectivity index (χ0) is 13.9. The first kappa shape index (κ1) is 12.5. The second-order valence-corrected chi connectivity index (χ2v) is 5.18. The van der Waals surface area contributed by atoms with Crippen molar-refractivity contribution in [1.29, 1.82) is 0 Å². The van der Waals surface area contributed by atoms with E-state index in [2.05, 4.69) is 86.4 Å². The summed E-state index contributed by atoms with van der Waals surface area (Å²) >= 11 is 0. The summed E-state index contributed by atoms with van der Waals surface area (Å²) in [6.07, 6.45) is 0. The lowest BCUT2D eigenvalue weighted by Crippen LogP contribution is -1.75. The second kappa shape index (κ2) is 5.23. The number of hydrogen-bond acceptors (Lipinski definition) is 0. The number of aryl methyl sites for hydroxylation is 2. The molecule has 1 aromatic carbocycles. The van der Waals surface area contributed by atoms with Crippen molar-refractivity contribution < 1.29 is 0 Å². The van der Waals surface area contributed by atoms with Crippen molar-refractivity contribution in [2.75, 3.05) is 0 Å². The third kappa shape index (κ3) is 2.73. The number of benzene rings is 1. The standard InChI is InChI=1S/C20H16/c1-15-3-5-17(6-4-15)7-8-18-9-11-19-13-16(2)14-20(19)12-10-18/h3-6,9-14H,1-2H3. The Hall–Kier alpha value is -2.52. The Morgan fingerprint density at radius 2 is 1.00 bits per heavy atom. The smallest absolute Gasteiger partial charge is 0.0249 e. The lowest BCUT2D eigenvalue weighted by atomic mass is 10.1. The Labute approximate surface area is 120 Å². The summed E-state index contributed by atoms with van der Waals surface area (Å²) in [5, 5.41) is 0. The van der Waals surface area contributed by atoms with Crippen LogP contribution in [0.5, 0.6) is 0 Å². The summed E-state index contributed by atoms with van der Waals surface area (Å²) in [6.45, 7) is 4.21. The molecule has 0 nitrogen and oxygen atoms in total. The van der Waals surface area contributed by atoms with Crippen molar-refractivity contribution in [2.45, 2.75) is 13.8 Å². The van der Waals surface area contributed by atoms with E-state index >= 15 is 0 Å². The van der Waals surface area contributed by atoms with Crippen LogP contribution in [0.25, 0.3) is 11.1 Å². The molecule has 20 heavy (non-hydrogen) atoms. The van der Waals surface area contributed by atoms with E-state index in [1.54, 1.807) is 0 Å². The zero-order valence-corrected chi connectivity index (χ0v) is 11.8. The Morgan fingerprint density at radius 3 is 1.50 bits per heavy atom. The molecule has 0 aromatic heterocycles. The van der Waals surface area contributed by atoms with Gasteiger partial charge in [-0.25, -0.2) is 0 Å². The van der Waals surface area contributed by atoms with E-state index in [1.807, 2.05) is 0 Å². The van der Waals surface area contributed by atoms with Gasteiger partial charge >= 0.3 is 0 Å². The van der Waals surface area contributed by atoms with Gasteiger partial charge in [0.2, 0.25) is 0 Å². The summed E-state index contributed by atoms with van der Waals surface area (Å²) in [5.41, 5.74) is 7.20. The van der Waals surface area contributed by atoms with Crippen molar-refractivity contribution >= 4 is 0 Å². The first-order valence-electron chi connectivity index (χ1n) is 6.80. The van der Waals surface area contributed by atoms with Crippen LogP contribution < -0.4 is 0 Å². The van der Waals surface area contributed by atoms with Crippen molar-refractivity contribution in [1.82, 2.24) is 0 Å². The van der Waals surface area contributed by atoms with Crippen LogP contribution in [0.4, 0.5) is 0 Å². The topological polar surface area (TPSA) is 0 Å². The van der Waals surface area contributed by atoms with E-state index in [1.165, 1.54) is 22.3 Å². The second-order valence-electron chi connectivity index (χ2n) is 5.18. The monoisotopic (exact) mass is 256 g/mol. The maximum atomic E-state index is 3.23. The maximum absolute atomic E-state index is 3.23. The lowest BCUT2D eigenvalue weighted by molar-refractivity contribution is 1.46. The average Bonchev–Trinajstić information content (AvgIpc) is 2.70. The zero-order valence-electron chi connectivity index (χ0n) is 11.8. The third-order valence-corrected chi connectivity index (χ3v) is 3.39. The van der Waals surface area contributed by atoms with Crippen LogP contribution in [0.1, 0.15) is 22.3 Å². The fourth-order valence-electron chi connectivity index (χ4n) is 2.27. The van der Waals surface area contributed by atoms with E-state index < -0.39 is 0 Å². The summed E-state index contributed by atoms with van der Waals surface area (Å²) in [7, 11) is 0. The van der Waals surface area contributed by atoms with Crippen LogP contribution in [-0.4, -0.2) is 0 Å². The van der Waals surface area contributed by atoms with Crippen molar-refractivity contribution in [3.8, 4) is 23.0 Å². The predicted molar refractivity (Wildman–Crippen MR) is 85.0 cm³/mol. The predicted octanol–water partition coefficient (Wildman–Crippen LogP) is 4.81. The molecule has 2 aliphatic carbocycles. The van der Waals surface area contributed by atoms with E-state index in [9.17, 15) is 0 Å². The number of fused-ring (bicyclic) bond motifs is 1. The first-order valence-corrected chi connectivity index (χ1v) is 6.80. The molecule has 0 fully saturated rings. The molecule has 0 heteroatoms. The average molecular weight is 256 g/mol. The molecule has 0 spiro atoms. The lowest BCUT2D eigenvalue weighted by Gasteiger charge is -1.91. The van der Waals surface area contributed by atoms with Gasteiger partial charge in [0, 0.05) is 11.1 Å². The minimum Gasteiger partial charge on any atom is -0.0617 e. The quantitative estimate of drug-likeness (QED) is 0.506. The highest BCUT2D eigenvalue weighted by atomic mass is 14.1.